The average Bonchev–Trinajstić information content (AvgIpc) is 2.41. The molecule has 0 aliphatic rings. The lowest BCUT2D eigenvalue weighted by atomic mass is 9.72. The lowest BCUT2D eigenvalue weighted by molar-refractivity contribution is -0.132. The van der Waals surface area contributed by atoms with Gasteiger partial charge in [-0.3, -0.25) is 9.59 Å². The Kier molecular flexibility index (Phi) is 5.72. The zero-order valence-electron chi connectivity index (χ0n) is 15.1. The van der Waals surface area contributed by atoms with E-state index in [-0.39, 0.29) is 28.8 Å². The topological polar surface area (TPSA) is 34.1 Å². The predicted octanol–water partition coefficient (Wildman–Crippen LogP) is 5.03. The summed E-state index contributed by atoms with van der Waals surface area (Å²) in [6, 6.07) is 9.94. The minimum absolute atomic E-state index is 0.0559. The van der Waals surface area contributed by atoms with Crippen LogP contribution in [0.15, 0.2) is 30.3 Å². The number of hydrogen-bond acceptors (Lipinski definition) is 2. The van der Waals surface area contributed by atoms with Crippen LogP contribution in [0.1, 0.15) is 66.4 Å². The van der Waals surface area contributed by atoms with Crippen LogP contribution in [0.2, 0.25) is 0 Å². The van der Waals surface area contributed by atoms with E-state index in [1.165, 1.54) is 0 Å². The number of carbonyl (C=O) groups is 2. The van der Waals surface area contributed by atoms with E-state index in [9.17, 15) is 9.59 Å². The number of rotatable bonds is 5. The van der Waals surface area contributed by atoms with Crippen LogP contribution in [0.4, 0.5) is 0 Å². The lowest BCUT2D eigenvalue weighted by Crippen LogP contribution is -2.33. The molecule has 0 saturated heterocycles. The van der Waals surface area contributed by atoms with Gasteiger partial charge in [-0.15, -0.1) is 0 Å². The van der Waals surface area contributed by atoms with Crippen molar-refractivity contribution in [1.82, 2.24) is 0 Å². The second-order valence-corrected chi connectivity index (χ2v) is 8.30. The zero-order valence-corrected chi connectivity index (χ0v) is 15.1. The van der Waals surface area contributed by atoms with Gasteiger partial charge in [0.15, 0.2) is 0 Å². The van der Waals surface area contributed by atoms with Gasteiger partial charge in [0.2, 0.25) is 0 Å². The standard InChI is InChI=1S/C20H30O2/c1-14(18(22)20(5,6)7)16(13-17(21)19(2,3)4)15-11-9-8-10-12-15/h8-12,14,16H,13H2,1-7H3/t14-,16-/m0/s1. The largest absolute Gasteiger partial charge is 0.299 e. The van der Waals surface area contributed by atoms with E-state index in [0.29, 0.717) is 6.42 Å². The molecule has 2 nitrogen and oxygen atoms in total. The molecule has 0 N–H and O–H groups in total. The summed E-state index contributed by atoms with van der Waals surface area (Å²) in [7, 11) is 0. The van der Waals surface area contributed by atoms with Crippen LogP contribution in [0, 0.1) is 16.7 Å². The third-order valence-electron chi connectivity index (χ3n) is 4.23. The highest BCUT2D eigenvalue weighted by Gasteiger charge is 2.35. The van der Waals surface area contributed by atoms with Crippen molar-refractivity contribution in [1.29, 1.82) is 0 Å². The van der Waals surface area contributed by atoms with Gasteiger partial charge in [-0.2, -0.15) is 0 Å². The van der Waals surface area contributed by atoms with Gasteiger partial charge in [0, 0.05) is 29.1 Å². The molecule has 0 heterocycles. The molecule has 0 radical (unpaired) electrons. The molecule has 0 aliphatic carbocycles. The summed E-state index contributed by atoms with van der Waals surface area (Å²) in [5, 5.41) is 0. The maximum atomic E-state index is 12.7. The highest BCUT2D eigenvalue weighted by atomic mass is 16.1. The van der Waals surface area contributed by atoms with Crippen LogP contribution in [-0.2, 0) is 9.59 Å². The smallest absolute Gasteiger partial charge is 0.141 e. The lowest BCUT2D eigenvalue weighted by Gasteiger charge is -2.30. The Morgan fingerprint density at radius 3 is 1.82 bits per heavy atom. The van der Waals surface area contributed by atoms with Crippen LogP contribution in [0.5, 0.6) is 0 Å². The molecule has 0 aromatic heterocycles. The molecule has 0 amide bonds. The van der Waals surface area contributed by atoms with Gasteiger partial charge in [-0.1, -0.05) is 78.8 Å². The Morgan fingerprint density at radius 1 is 0.909 bits per heavy atom. The second-order valence-electron chi connectivity index (χ2n) is 8.30. The van der Waals surface area contributed by atoms with Crippen LogP contribution in [0.3, 0.4) is 0 Å². The van der Waals surface area contributed by atoms with E-state index in [4.69, 9.17) is 0 Å². The quantitative estimate of drug-likeness (QED) is 0.764. The molecular formula is C20H30O2. The van der Waals surface area contributed by atoms with Gasteiger partial charge < -0.3 is 0 Å². The van der Waals surface area contributed by atoms with Crippen LogP contribution < -0.4 is 0 Å². The highest BCUT2D eigenvalue weighted by molar-refractivity contribution is 5.89. The summed E-state index contributed by atoms with van der Waals surface area (Å²) < 4.78 is 0. The molecule has 1 rings (SSSR count). The summed E-state index contributed by atoms with van der Waals surface area (Å²) >= 11 is 0. The van der Waals surface area contributed by atoms with E-state index >= 15 is 0 Å². The van der Waals surface area contributed by atoms with Gasteiger partial charge in [-0.05, 0) is 5.56 Å². The van der Waals surface area contributed by atoms with Crippen LogP contribution in [0.25, 0.3) is 0 Å². The van der Waals surface area contributed by atoms with E-state index < -0.39 is 5.41 Å². The Morgan fingerprint density at radius 2 is 1.41 bits per heavy atom. The van der Waals surface area contributed by atoms with Gasteiger partial charge in [-0.25, -0.2) is 0 Å². The van der Waals surface area contributed by atoms with Crippen LogP contribution in [-0.4, -0.2) is 11.6 Å². The molecule has 22 heavy (non-hydrogen) atoms. The molecule has 2 atom stereocenters. The van der Waals surface area contributed by atoms with E-state index in [0.717, 1.165) is 5.56 Å². The molecule has 0 fully saturated rings. The first-order chi connectivity index (χ1) is 9.94. The summed E-state index contributed by atoms with van der Waals surface area (Å²) in [5.74, 6) is 0.186. The van der Waals surface area contributed by atoms with Crippen molar-refractivity contribution in [3.8, 4) is 0 Å². The minimum atomic E-state index is -0.392. The summed E-state index contributed by atoms with van der Waals surface area (Å²) in [4.78, 5) is 25.2. The summed E-state index contributed by atoms with van der Waals surface area (Å²) in [5.41, 5.74) is 0.305. The molecule has 0 aliphatic heterocycles. The molecule has 0 saturated carbocycles. The monoisotopic (exact) mass is 302 g/mol. The Labute approximate surface area is 135 Å². The summed E-state index contributed by atoms with van der Waals surface area (Å²) in [6.45, 7) is 13.6. The highest BCUT2D eigenvalue weighted by Crippen LogP contribution is 2.35. The maximum Gasteiger partial charge on any atom is 0.141 e. The SMILES string of the molecule is C[C@H](C(=O)C(C)(C)C)[C@H](CC(=O)C(C)(C)C)c1ccccc1. The number of carbonyl (C=O) groups excluding carboxylic acids is 2. The van der Waals surface area contributed by atoms with Crippen molar-refractivity contribution < 1.29 is 9.59 Å². The fourth-order valence-electron chi connectivity index (χ4n) is 2.66. The van der Waals surface area contributed by atoms with Gasteiger partial charge in [0.25, 0.3) is 0 Å². The van der Waals surface area contributed by atoms with Crippen molar-refractivity contribution >= 4 is 11.6 Å². The predicted molar refractivity (Wildman–Crippen MR) is 91.9 cm³/mol. The first-order valence-electron chi connectivity index (χ1n) is 8.07. The number of Topliss-reactive ketones (excluding diaryl/α,β-unsaturated/α-hetero) is 2. The fourth-order valence-corrected chi connectivity index (χ4v) is 2.66. The van der Waals surface area contributed by atoms with E-state index in [1.807, 2.05) is 78.8 Å². The Bertz CT molecular complexity index is 515. The number of hydrogen-bond donors (Lipinski definition) is 0. The van der Waals surface area contributed by atoms with Crippen molar-refractivity contribution in [2.45, 2.75) is 60.8 Å². The Balaban J connectivity index is 3.13. The number of ketones is 2. The average molecular weight is 302 g/mol. The van der Waals surface area contributed by atoms with Crippen molar-refractivity contribution in [3.63, 3.8) is 0 Å². The Hall–Kier alpha value is -1.44. The first kappa shape index (κ1) is 18.6. The van der Waals surface area contributed by atoms with Gasteiger partial charge in [0.05, 0.1) is 0 Å². The molecule has 2 heteroatoms. The first-order valence-corrected chi connectivity index (χ1v) is 8.07. The minimum Gasteiger partial charge on any atom is -0.299 e. The third kappa shape index (κ3) is 4.79. The number of benzene rings is 1. The molecule has 0 spiro atoms. The normalized spacial score (nSPS) is 15.2. The summed E-state index contributed by atoms with van der Waals surface area (Å²) in [6.07, 6.45) is 0.413. The van der Waals surface area contributed by atoms with Crippen molar-refractivity contribution in [3.05, 3.63) is 35.9 Å². The second kappa shape index (κ2) is 6.76. The van der Waals surface area contributed by atoms with Gasteiger partial charge >= 0.3 is 0 Å². The molecule has 122 valence electrons. The van der Waals surface area contributed by atoms with Crippen molar-refractivity contribution in [2.24, 2.45) is 16.7 Å². The van der Waals surface area contributed by atoms with E-state index in [2.05, 4.69) is 0 Å². The molecule has 1 aromatic rings. The molecule has 0 bridgehead atoms. The fraction of sp³-hybridized carbons (Fsp3) is 0.600. The van der Waals surface area contributed by atoms with Crippen LogP contribution >= 0.6 is 0 Å². The third-order valence-corrected chi connectivity index (χ3v) is 4.23. The maximum absolute atomic E-state index is 12.7. The van der Waals surface area contributed by atoms with Crippen molar-refractivity contribution in [2.75, 3.05) is 0 Å². The molecule has 1 aromatic carbocycles. The molecule has 0 unspecified atom stereocenters. The molecular weight excluding hydrogens is 272 g/mol. The zero-order chi connectivity index (χ0) is 17.1. The van der Waals surface area contributed by atoms with Gasteiger partial charge in [0.1, 0.15) is 11.6 Å². The van der Waals surface area contributed by atoms with E-state index in [1.54, 1.807) is 0 Å².